The Bertz CT molecular complexity index is 396. The second kappa shape index (κ2) is 3.28. The van der Waals surface area contributed by atoms with Gasteiger partial charge in [0.15, 0.2) is 5.82 Å². The van der Waals surface area contributed by atoms with Gasteiger partial charge in [-0.05, 0) is 19.8 Å². The van der Waals surface area contributed by atoms with Gasteiger partial charge < -0.3 is 0 Å². The van der Waals surface area contributed by atoms with Crippen LogP contribution in [0.25, 0.3) is 0 Å². The Balaban J connectivity index is 2.04. The molecule has 8 heteroatoms. The van der Waals surface area contributed by atoms with Crippen LogP contribution in [0.2, 0.25) is 0 Å². The molecular weight excluding hydrogens is 206 g/mol. The van der Waals surface area contributed by atoms with Crippen LogP contribution in [-0.2, 0) is 10.0 Å². The highest BCUT2D eigenvalue weighted by Gasteiger charge is 2.36. The summed E-state index contributed by atoms with van der Waals surface area (Å²) in [4.78, 5) is 0. The third-order valence-electron chi connectivity index (χ3n) is 2.05. The predicted molar refractivity (Wildman–Crippen MR) is 47.7 cm³/mol. The molecule has 1 unspecified atom stereocenters. The van der Waals surface area contributed by atoms with Gasteiger partial charge in [-0.15, -0.1) is 10.2 Å². The summed E-state index contributed by atoms with van der Waals surface area (Å²) in [5.41, 5.74) is 0. The lowest BCUT2D eigenvalue weighted by molar-refractivity contribution is 0.558. The number of H-pyrrole nitrogens is 1. The maximum absolute atomic E-state index is 11.5. The topological polar surface area (TPSA) is 101 Å². The van der Waals surface area contributed by atoms with E-state index in [4.69, 9.17) is 0 Å². The summed E-state index contributed by atoms with van der Waals surface area (Å²) < 4.78 is 25.5. The molecule has 1 aromatic heterocycles. The van der Waals surface area contributed by atoms with Crippen molar-refractivity contribution in [3.05, 3.63) is 5.82 Å². The van der Waals surface area contributed by atoms with Crippen molar-refractivity contribution in [2.75, 3.05) is 0 Å². The molecule has 2 N–H and O–H groups in total. The molecule has 2 rings (SSSR count). The quantitative estimate of drug-likeness (QED) is 0.697. The maximum atomic E-state index is 11.5. The number of sulfonamides is 1. The Kier molecular flexibility index (Phi) is 2.23. The summed E-state index contributed by atoms with van der Waals surface area (Å²) in [5.74, 6) is 0.356. The fourth-order valence-corrected chi connectivity index (χ4v) is 2.67. The smallest absolute Gasteiger partial charge is 0.212 e. The number of aromatic nitrogens is 4. The first-order valence-corrected chi connectivity index (χ1v) is 5.89. The van der Waals surface area contributed by atoms with Gasteiger partial charge in [-0.3, -0.25) is 0 Å². The summed E-state index contributed by atoms with van der Waals surface area (Å²) in [7, 11) is -3.18. The number of hydrogen-bond acceptors (Lipinski definition) is 5. The largest absolute Gasteiger partial charge is 0.215 e. The first kappa shape index (κ1) is 9.53. The molecule has 1 aliphatic rings. The first-order valence-electron chi connectivity index (χ1n) is 4.34. The molecule has 1 atom stereocenters. The zero-order valence-electron chi connectivity index (χ0n) is 7.64. The van der Waals surface area contributed by atoms with E-state index in [1.807, 2.05) is 0 Å². The van der Waals surface area contributed by atoms with Crippen LogP contribution < -0.4 is 4.72 Å². The van der Waals surface area contributed by atoms with E-state index < -0.39 is 16.1 Å². The Hall–Kier alpha value is -1.02. The zero-order chi connectivity index (χ0) is 10.2. The van der Waals surface area contributed by atoms with E-state index in [0.29, 0.717) is 5.82 Å². The molecule has 1 heterocycles. The van der Waals surface area contributed by atoms with Gasteiger partial charge >= 0.3 is 0 Å². The molecule has 1 saturated carbocycles. The lowest BCUT2D eigenvalue weighted by Gasteiger charge is -2.09. The van der Waals surface area contributed by atoms with Crippen molar-refractivity contribution in [3.63, 3.8) is 0 Å². The molecular formula is C6H11N5O2S. The fourth-order valence-electron chi connectivity index (χ4n) is 1.13. The SMILES string of the molecule is CC(NS(=O)(=O)C1CC1)c1nn[nH]n1. The van der Waals surface area contributed by atoms with Gasteiger partial charge in [-0.2, -0.15) is 5.21 Å². The molecule has 0 aliphatic heterocycles. The van der Waals surface area contributed by atoms with E-state index in [1.54, 1.807) is 6.92 Å². The molecule has 0 radical (unpaired) electrons. The van der Waals surface area contributed by atoms with Crippen molar-refractivity contribution in [1.82, 2.24) is 25.3 Å². The molecule has 1 aromatic rings. The third-order valence-corrected chi connectivity index (χ3v) is 4.08. The fraction of sp³-hybridized carbons (Fsp3) is 0.833. The number of aromatic amines is 1. The van der Waals surface area contributed by atoms with Crippen LogP contribution in [0.1, 0.15) is 31.6 Å². The predicted octanol–water partition coefficient (Wildman–Crippen LogP) is -0.658. The molecule has 14 heavy (non-hydrogen) atoms. The lowest BCUT2D eigenvalue weighted by Crippen LogP contribution is -2.30. The summed E-state index contributed by atoms with van der Waals surface area (Å²) >= 11 is 0. The molecule has 0 aromatic carbocycles. The van der Waals surface area contributed by atoms with E-state index in [0.717, 1.165) is 12.8 Å². The van der Waals surface area contributed by atoms with Crippen LogP contribution in [0.3, 0.4) is 0 Å². The molecule has 0 bridgehead atoms. The van der Waals surface area contributed by atoms with Gasteiger partial charge in [-0.25, -0.2) is 13.1 Å². The van der Waals surface area contributed by atoms with E-state index in [1.165, 1.54) is 0 Å². The van der Waals surface area contributed by atoms with Crippen LogP contribution in [0.4, 0.5) is 0 Å². The average molecular weight is 217 g/mol. The lowest BCUT2D eigenvalue weighted by atomic mass is 10.4. The normalized spacial score (nSPS) is 19.5. The molecule has 1 aliphatic carbocycles. The zero-order valence-corrected chi connectivity index (χ0v) is 8.45. The summed E-state index contributed by atoms with van der Waals surface area (Å²) in [6.07, 6.45) is 1.49. The van der Waals surface area contributed by atoms with E-state index in [9.17, 15) is 8.42 Å². The minimum absolute atomic E-state index is 0.225. The van der Waals surface area contributed by atoms with E-state index in [-0.39, 0.29) is 5.25 Å². The molecule has 0 spiro atoms. The highest BCUT2D eigenvalue weighted by molar-refractivity contribution is 7.90. The Morgan fingerprint density at radius 3 is 2.79 bits per heavy atom. The van der Waals surface area contributed by atoms with Crippen LogP contribution in [0, 0.1) is 0 Å². The van der Waals surface area contributed by atoms with Crippen LogP contribution in [-0.4, -0.2) is 34.3 Å². The van der Waals surface area contributed by atoms with Crippen LogP contribution in [0.5, 0.6) is 0 Å². The molecule has 0 saturated heterocycles. The minimum atomic E-state index is -3.18. The monoisotopic (exact) mass is 217 g/mol. The first-order chi connectivity index (χ1) is 6.59. The Labute approximate surface area is 81.3 Å². The van der Waals surface area contributed by atoms with Crippen molar-refractivity contribution < 1.29 is 8.42 Å². The van der Waals surface area contributed by atoms with Crippen molar-refractivity contribution in [1.29, 1.82) is 0 Å². The van der Waals surface area contributed by atoms with Crippen molar-refractivity contribution in [2.45, 2.75) is 31.1 Å². The number of nitrogens with one attached hydrogen (secondary N) is 2. The number of rotatable bonds is 4. The second-order valence-electron chi connectivity index (χ2n) is 3.35. The number of tetrazole rings is 1. The van der Waals surface area contributed by atoms with Crippen LogP contribution in [0.15, 0.2) is 0 Å². The average Bonchev–Trinajstić information content (AvgIpc) is 2.82. The van der Waals surface area contributed by atoms with Gasteiger partial charge in [0.05, 0.1) is 11.3 Å². The van der Waals surface area contributed by atoms with Gasteiger partial charge in [0.2, 0.25) is 10.0 Å². The van der Waals surface area contributed by atoms with E-state index >= 15 is 0 Å². The van der Waals surface area contributed by atoms with Gasteiger partial charge in [-0.1, -0.05) is 5.21 Å². The molecule has 0 amide bonds. The summed E-state index contributed by atoms with van der Waals surface area (Å²) in [6, 6.07) is -0.431. The number of hydrogen-bond donors (Lipinski definition) is 2. The maximum Gasteiger partial charge on any atom is 0.215 e. The van der Waals surface area contributed by atoms with Crippen molar-refractivity contribution >= 4 is 10.0 Å². The van der Waals surface area contributed by atoms with Gasteiger partial charge in [0, 0.05) is 0 Å². The Morgan fingerprint density at radius 2 is 2.29 bits per heavy atom. The van der Waals surface area contributed by atoms with Gasteiger partial charge in [0.25, 0.3) is 0 Å². The van der Waals surface area contributed by atoms with Crippen molar-refractivity contribution in [2.24, 2.45) is 0 Å². The number of nitrogens with zero attached hydrogens (tertiary/aromatic N) is 3. The molecule has 78 valence electrons. The summed E-state index contributed by atoms with van der Waals surface area (Å²) in [5, 5.41) is 12.8. The molecule has 7 nitrogen and oxygen atoms in total. The standard InChI is InChI=1S/C6H11N5O2S/c1-4(6-7-10-11-8-6)9-14(12,13)5-2-3-5/h4-5,9H,2-3H2,1H3,(H,7,8,10,11). The van der Waals surface area contributed by atoms with Crippen LogP contribution >= 0.6 is 0 Å². The highest BCUT2D eigenvalue weighted by atomic mass is 32.2. The van der Waals surface area contributed by atoms with Gasteiger partial charge in [0.1, 0.15) is 0 Å². The third kappa shape index (κ3) is 1.90. The van der Waals surface area contributed by atoms with Crippen molar-refractivity contribution in [3.8, 4) is 0 Å². The van der Waals surface area contributed by atoms with E-state index in [2.05, 4.69) is 25.3 Å². The minimum Gasteiger partial charge on any atom is -0.212 e. The Morgan fingerprint density at radius 1 is 1.57 bits per heavy atom. The molecule has 1 fully saturated rings. The second-order valence-corrected chi connectivity index (χ2v) is 5.35. The summed E-state index contributed by atoms with van der Waals surface area (Å²) in [6.45, 7) is 1.69. The highest BCUT2D eigenvalue weighted by Crippen LogP contribution is 2.28.